The Bertz CT molecular complexity index is 299. The van der Waals surface area contributed by atoms with Crippen LogP contribution in [0.5, 0.6) is 0 Å². The Morgan fingerprint density at radius 3 is 2.67 bits per heavy atom. The van der Waals surface area contributed by atoms with Crippen molar-refractivity contribution in [1.29, 1.82) is 0 Å². The second-order valence-electron chi connectivity index (χ2n) is 4.02. The molecule has 0 aliphatic carbocycles. The monoisotopic (exact) mass is 226 g/mol. The number of aromatic nitrogens is 1. The first-order valence-electron chi connectivity index (χ1n) is 5.36. The first-order chi connectivity index (χ1) is 7.13. The molecule has 0 saturated carbocycles. The van der Waals surface area contributed by atoms with Crippen LogP contribution in [-0.2, 0) is 6.54 Å². The Hall–Kier alpha value is -0.600. The van der Waals surface area contributed by atoms with Gasteiger partial charge in [0.1, 0.15) is 0 Å². The minimum atomic E-state index is 0.506. The van der Waals surface area contributed by atoms with Gasteiger partial charge in [0.05, 0.1) is 5.69 Å². The van der Waals surface area contributed by atoms with Crippen LogP contribution in [0, 0.1) is 6.92 Å². The molecule has 0 fully saturated rings. The van der Waals surface area contributed by atoms with E-state index in [4.69, 9.17) is 11.6 Å². The third-order valence-corrected chi connectivity index (χ3v) is 2.58. The molecule has 0 amide bonds. The van der Waals surface area contributed by atoms with Crippen LogP contribution in [0.4, 0.5) is 0 Å². The molecule has 1 rings (SSSR count). The molecule has 15 heavy (non-hydrogen) atoms. The Morgan fingerprint density at radius 2 is 2.13 bits per heavy atom. The molecule has 0 radical (unpaired) electrons. The number of pyridine rings is 1. The molecule has 0 aromatic carbocycles. The highest BCUT2D eigenvalue weighted by Gasteiger charge is 2.09. The summed E-state index contributed by atoms with van der Waals surface area (Å²) in [4.78, 5) is 6.82. The van der Waals surface area contributed by atoms with Gasteiger partial charge in [0, 0.05) is 30.7 Å². The Balaban J connectivity index is 2.65. The predicted molar refractivity (Wildman–Crippen MR) is 65.2 cm³/mol. The zero-order chi connectivity index (χ0) is 11.3. The van der Waals surface area contributed by atoms with Crippen molar-refractivity contribution in [2.75, 3.05) is 12.4 Å². The van der Waals surface area contributed by atoms with Gasteiger partial charge in [-0.1, -0.05) is 6.07 Å². The molecule has 0 aliphatic rings. The molecule has 0 saturated heterocycles. The molecule has 1 aromatic rings. The van der Waals surface area contributed by atoms with Crippen LogP contribution in [-0.4, -0.2) is 28.4 Å². The molecule has 1 heterocycles. The zero-order valence-corrected chi connectivity index (χ0v) is 10.5. The number of nitrogens with zero attached hydrogens (tertiary/aromatic N) is 2. The van der Waals surface area contributed by atoms with Crippen molar-refractivity contribution in [2.45, 2.75) is 33.4 Å². The lowest BCUT2D eigenvalue weighted by Gasteiger charge is -2.25. The Labute approximate surface area is 97.3 Å². The van der Waals surface area contributed by atoms with Crippen LogP contribution >= 0.6 is 11.6 Å². The summed E-state index contributed by atoms with van der Waals surface area (Å²) in [7, 11) is 0. The van der Waals surface area contributed by atoms with E-state index >= 15 is 0 Å². The normalized spacial score (nSPS) is 11.3. The van der Waals surface area contributed by atoms with Crippen molar-refractivity contribution in [3.63, 3.8) is 0 Å². The molecule has 2 nitrogen and oxygen atoms in total. The summed E-state index contributed by atoms with van der Waals surface area (Å²) in [6, 6.07) is 6.64. The smallest absolute Gasteiger partial charge is 0.0547 e. The van der Waals surface area contributed by atoms with Crippen LogP contribution < -0.4 is 0 Å². The van der Waals surface area contributed by atoms with Crippen LogP contribution in [0.25, 0.3) is 0 Å². The van der Waals surface area contributed by atoms with Crippen LogP contribution in [0.15, 0.2) is 18.2 Å². The van der Waals surface area contributed by atoms with E-state index in [0.29, 0.717) is 11.9 Å². The fourth-order valence-corrected chi connectivity index (χ4v) is 1.74. The molecule has 0 unspecified atom stereocenters. The van der Waals surface area contributed by atoms with Gasteiger partial charge < -0.3 is 0 Å². The summed E-state index contributed by atoms with van der Waals surface area (Å²) in [6.45, 7) is 8.18. The Kier molecular flexibility index (Phi) is 5.06. The van der Waals surface area contributed by atoms with Crippen molar-refractivity contribution in [3.05, 3.63) is 29.6 Å². The summed E-state index contributed by atoms with van der Waals surface area (Å²) in [5, 5.41) is 0. The topological polar surface area (TPSA) is 16.1 Å². The minimum Gasteiger partial charge on any atom is -0.294 e. The van der Waals surface area contributed by atoms with E-state index in [1.165, 1.54) is 0 Å². The van der Waals surface area contributed by atoms with Crippen molar-refractivity contribution >= 4 is 11.6 Å². The highest BCUT2D eigenvalue weighted by molar-refractivity contribution is 6.18. The van der Waals surface area contributed by atoms with E-state index in [9.17, 15) is 0 Å². The maximum Gasteiger partial charge on any atom is 0.0547 e. The van der Waals surface area contributed by atoms with Crippen molar-refractivity contribution in [1.82, 2.24) is 9.88 Å². The van der Waals surface area contributed by atoms with Gasteiger partial charge >= 0.3 is 0 Å². The van der Waals surface area contributed by atoms with Gasteiger partial charge in [-0.05, 0) is 32.9 Å². The average Bonchev–Trinajstić information content (AvgIpc) is 2.17. The SMILES string of the molecule is Cc1cccc(CN(CCCl)C(C)C)n1. The number of rotatable bonds is 5. The second-order valence-corrected chi connectivity index (χ2v) is 4.40. The fraction of sp³-hybridized carbons (Fsp3) is 0.583. The van der Waals surface area contributed by atoms with E-state index in [1.807, 2.05) is 13.0 Å². The summed E-state index contributed by atoms with van der Waals surface area (Å²) in [5.41, 5.74) is 2.19. The number of aryl methyl sites for hydroxylation is 1. The first-order valence-corrected chi connectivity index (χ1v) is 5.89. The van der Waals surface area contributed by atoms with Gasteiger partial charge in [0.25, 0.3) is 0 Å². The summed E-state index contributed by atoms with van der Waals surface area (Å²) >= 11 is 5.78. The van der Waals surface area contributed by atoms with E-state index in [-0.39, 0.29) is 0 Å². The minimum absolute atomic E-state index is 0.506. The summed E-state index contributed by atoms with van der Waals surface area (Å²) < 4.78 is 0. The number of hydrogen-bond acceptors (Lipinski definition) is 2. The second kappa shape index (κ2) is 6.09. The molecule has 0 atom stereocenters. The third kappa shape index (κ3) is 4.18. The number of hydrogen-bond donors (Lipinski definition) is 0. The van der Waals surface area contributed by atoms with Gasteiger partial charge in [0.15, 0.2) is 0 Å². The first kappa shape index (κ1) is 12.5. The highest BCUT2D eigenvalue weighted by atomic mass is 35.5. The summed E-state index contributed by atoms with van der Waals surface area (Å²) in [5.74, 6) is 0.671. The lowest BCUT2D eigenvalue weighted by Crippen LogP contribution is -2.32. The molecule has 0 spiro atoms. The molecular weight excluding hydrogens is 208 g/mol. The standard InChI is InChI=1S/C12H19ClN2/c1-10(2)15(8-7-13)9-12-6-4-5-11(3)14-12/h4-6,10H,7-9H2,1-3H3. The zero-order valence-electron chi connectivity index (χ0n) is 9.70. The molecule has 0 N–H and O–H groups in total. The number of halogens is 1. The quantitative estimate of drug-likeness (QED) is 0.718. The van der Waals surface area contributed by atoms with Crippen molar-refractivity contribution in [2.24, 2.45) is 0 Å². The molecule has 84 valence electrons. The van der Waals surface area contributed by atoms with E-state index in [1.54, 1.807) is 0 Å². The predicted octanol–water partition coefficient (Wildman–Crippen LogP) is 2.84. The molecular formula is C12H19ClN2. The fourth-order valence-electron chi connectivity index (χ4n) is 1.52. The van der Waals surface area contributed by atoms with Gasteiger partial charge in [-0.2, -0.15) is 0 Å². The van der Waals surface area contributed by atoms with Gasteiger partial charge in [-0.3, -0.25) is 9.88 Å². The van der Waals surface area contributed by atoms with Crippen LogP contribution in [0.2, 0.25) is 0 Å². The largest absolute Gasteiger partial charge is 0.294 e. The van der Waals surface area contributed by atoms with E-state index in [2.05, 4.69) is 35.9 Å². The molecule has 1 aromatic heterocycles. The van der Waals surface area contributed by atoms with Gasteiger partial charge in [0.2, 0.25) is 0 Å². The lowest BCUT2D eigenvalue weighted by molar-refractivity contribution is 0.223. The van der Waals surface area contributed by atoms with Crippen LogP contribution in [0.3, 0.4) is 0 Å². The van der Waals surface area contributed by atoms with Crippen LogP contribution in [0.1, 0.15) is 25.2 Å². The van der Waals surface area contributed by atoms with Crippen molar-refractivity contribution < 1.29 is 0 Å². The summed E-state index contributed by atoms with van der Waals surface area (Å²) in [6.07, 6.45) is 0. The van der Waals surface area contributed by atoms with Gasteiger partial charge in [-0.15, -0.1) is 11.6 Å². The maximum absolute atomic E-state index is 5.78. The average molecular weight is 227 g/mol. The maximum atomic E-state index is 5.78. The highest BCUT2D eigenvalue weighted by Crippen LogP contribution is 2.07. The van der Waals surface area contributed by atoms with E-state index < -0.39 is 0 Å². The molecule has 0 bridgehead atoms. The number of alkyl halides is 1. The Morgan fingerprint density at radius 1 is 1.40 bits per heavy atom. The van der Waals surface area contributed by atoms with Crippen molar-refractivity contribution in [3.8, 4) is 0 Å². The molecule has 0 aliphatic heterocycles. The van der Waals surface area contributed by atoms with Gasteiger partial charge in [-0.25, -0.2) is 0 Å². The lowest BCUT2D eigenvalue weighted by atomic mass is 10.2. The third-order valence-electron chi connectivity index (χ3n) is 2.41. The van der Waals surface area contributed by atoms with E-state index in [0.717, 1.165) is 24.5 Å². The molecule has 3 heteroatoms.